The Balaban J connectivity index is 3.12. The maximum Gasteiger partial charge on any atom is 0.335 e. The number of benzene rings is 1. The Labute approximate surface area is 99.9 Å². The Kier molecular flexibility index (Phi) is 4.26. The molecule has 0 fully saturated rings. The minimum atomic E-state index is -1.10. The molecular weight excluding hydrogens is 220 g/mol. The van der Waals surface area contributed by atoms with Crippen molar-refractivity contribution in [3.63, 3.8) is 0 Å². The van der Waals surface area contributed by atoms with Gasteiger partial charge in [-0.1, -0.05) is 20.3 Å². The van der Waals surface area contributed by atoms with Crippen molar-refractivity contribution in [2.45, 2.75) is 26.7 Å². The van der Waals surface area contributed by atoms with Crippen molar-refractivity contribution >= 4 is 11.9 Å². The van der Waals surface area contributed by atoms with E-state index < -0.39 is 11.9 Å². The summed E-state index contributed by atoms with van der Waals surface area (Å²) in [4.78, 5) is 21.8. The third-order valence-electron chi connectivity index (χ3n) is 2.77. The molecule has 0 heterocycles. The molecule has 92 valence electrons. The quantitative estimate of drug-likeness (QED) is 0.824. The first kappa shape index (κ1) is 13.2. The van der Waals surface area contributed by atoms with Crippen LogP contribution in [-0.4, -0.2) is 22.2 Å². The largest absolute Gasteiger partial charge is 0.478 e. The molecule has 0 aliphatic carbocycles. The van der Waals surface area contributed by atoms with E-state index in [0.717, 1.165) is 12.0 Å². The number of carboxylic acids is 2. The Bertz CT molecular complexity index is 405. The molecule has 1 unspecified atom stereocenters. The van der Waals surface area contributed by atoms with Crippen molar-refractivity contribution < 1.29 is 19.8 Å². The molecule has 4 nitrogen and oxygen atoms in total. The second-order valence-electron chi connectivity index (χ2n) is 4.25. The van der Waals surface area contributed by atoms with E-state index in [2.05, 4.69) is 0 Å². The second-order valence-corrected chi connectivity index (χ2v) is 4.25. The van der Waals surface area contributed by atoms with Crippen LogP contribution in [0.4, 0.5) is 0 Å². The molecular formula is C13H16O4. The zero-order valence-corrected chi connectivity index (χ0v) is 9.93. The van der Waals surface area contributed by atoms with Crippen LogP contribution in [-0.2, 0) is 6.42 Å². The first-order valence-corrected chi connectivity index (χ1v) is 5.54. The van der Waals surface area contributed by atoms with Gasteiger partial charge >= 0.3 is 11.9 Å². The molecule has 0 saturated heterocycles. The van der Waals surface area contributed by atoms with Crippen LogP contribution >= 0.6 is 0 Å². The fourth-order valence-electron chi connectivity index (χ4n) is 1.60. The SMILES string of the molecule is CCC(C)Cc1cc(C(=O)O)cc(C(=O)O)c1. The van der Waals surface area contributed by atoms with Crippen molar-refractivity contribution in [2.24, 2.45) is 5.92 Å². The third kappa shape index (κ3) is 3.59. The van der Waals surface area contributed by atoms with Crippen LogP contribution in [0.25, 0.3) is 0 Å². The molecule has 1 aromatic rings. The van der Waals surface area contributed by atoms with Gasteiger partial charge in [0, 0.05) is 0 Å². The molecule has 0 aliphatic heterocycles. The molecule has 1 atom stereocenters. The topological polar surface area (TPSA) is 74.6 Å². The highest BCUT2D eigenvalue weighted by molar-refractivity contribution is 5.94. The molecule has 17 heavy (non-hydrogen) atoms. The minimum absolute atomic E-state index is 0.0307. The Hall–Kier alpha value is -1.84. The summed E-state index contributed by atoms with van der Waals surface area (Å²) in [5.41, 5.74) is 0.822. The highest BCUT2D eigenvalue weighted by Gasteiger charge is 2.12. The van der Waals surface area contributed by atoms with Gasteiger partial charge < -0.3 is 10.2 Å². The zero-order chi connectivity index (χ0) is 13.0. The summed E-state index contributed by atoms with van der Waals surface area (Å²) in [6, 6.07) is 4.27. The highest BCUT2D eigenvalue weighted by Crippen LogP contribution is 2.16. The van der Waals surface area contributed by atoms with E-state index in [0.29, 0.717) is 12.3 Å². The summed E-state index contributed by atoms with van der Waals surface area (Å²) in [6.07, 6.45) is 1.66. The van der Waals surface area contributed by atoms with Crippen LogP contribution in [0.1, 0.15) is 46.5 Å². The van der Waals surface area contributed by atoms with Gasteiger partial charge in [-0.25, -0.2) is 9.59 Å². The van der Waals surface area contributed by atoms with E-state index in [4.69, 9.17) is 10.2 Å². The summed E-state index contributed by atoms with van der Waals surface area (Å²) in [5, 5.41) is 17.8. The number of carbonyl (C=O) groups is 2. The van der Waals surface area contributed by atoms with Crippen LogP contribution < -0.4 is 0 Å². The van der Waals surface area contributed by atoms with E-state index in [1.807, 2.05) is 13.8 Å². The average Bonchev–Trinajstić information content (AvgIpc) is 2.28. The standard InChI is InChI=1S/C13H16O4/c1-3-8(2)4-9-5-10(12(14)15)7-11(6-9)13(16)17/h5-8H,3-4H2,1-2H3,(H,14,15)(H,16,17). The highest BCUT2D eigenvalue weighted by atomic mass is 16.4. The van der Waals surface area contributed by atoms with E-state index in [-0.39, 0.29) is 11.1 Å². The van der Waals surface area contributed by atoms with E-state index >= 15 is 0 Å². The predicted molar refractivity (Wildman–Crippen MR) is 63.5 cm³/mol. The van der Waals surface area contributed by atoms with Crippen LogP contribution in [0, 0.1) is 5.92 Å². The van der Waals surface area contributed by atoms with E-state index in [1.165, 1.54) is 6.07 Å². The lowest BCUT2D eigenvalue weighted by Gasteiger charge is -2.10. The van der Waals surface area contributed by atoms with Gasteiger partial charge in [0.05, 0.1) is 11.1 Å². The number of carboxylic acid groups (broad SMARTS) is 2. The van der Waals surface area contributed by atoms with Crippen LogP contribution in [0.2, 0.25) is 0 Å². The predicted octanol–water partition coefficient (Wildman–Crippen LogP) is 2.67. The first-order valence-electron chi connectivity index (χ1n) is 5.54. The van der Waals surface area contributed by atoms with Crippen LogP contribution in [0.15, 0.2) is 18.2 Å². The van der Waals surface area contributed by atoms with Crippen LogP contribution in [0.3, 0.4) is 0 Å². The van der Waals surface area contributed by atoms with E-state index in [9.17, 15) is 9.59 Å². The van der Waals surface area contributed by atoms with Gasteiger partial charge in [-0.2, -0.15) is 0 Å². The monoisotopic (exact) mass is 236 g/mol. The average molecular weight is 236 g/mol. The molecule has 0 aromatic heterocycles. The van der Waals surface area contributed by atoms with Crippen molar-refractivity contribution in [1.29, 1.82) is 0 Å². The van der Waals surface area contributed by atoms with Crippen molar-refractivity contribution in [3.05, 3.63) is 34.9 Å². The van der Waals surface area contributed by atoms with Gasteiger partial charge in [-0.15, -0.1) is 0 Å². The summed E-state index contributed by atoms with van der Waals surface area (Å²) < 4.78 is 0. The first-order chi connectivity index (χ1) is 7.93. The lowest BCUT2D eigenvalue weighted by Crippen LogP contribution is -2.06. The number of rotatable bonds is 5. The molecule has 0 radical (unpaired) electrons. The van der Waals surface area contributed by atoms with Gasteiger partial charge in [-0.05, 0) is 36.1 Å². The Morgan fingerprint density at radius 2 is 1.59 bits per heavy atom. The third-order valence-corrected chi connectivity index (χ3v) is 2.77. The Morgan fingerprint density at radius 3 is 1.94 bits per heavy atom. The van der Waals surface area contributed by atoms with Crippen molar-refractivity contribution in [2.75, 3.05) is 0 Å². The van der Waals surface area contributed by atoms with Gasteiger partial charge in [-0.3, -0.25) is 0 Å². The maximum atomic E-state index is 10.9. The van der Waals surface area contributed by atoms with Gasteiger partial charge in [0.25, 0.3) is 0 Å². The summed E-state index contributed by atoms with van der Waals surface area (Å²) >= 11 is 0. The lowest BCUT2D eigenvalue weighted by atomic mass is 9.96. The maximum absolute atomic E-state index is 10.9. The smallest absolute Gasteiger partial charge is 0.335 e. The summed E-state index contributed by atoms with van der Waals surface area (Å²) in [5.74, 6) is -1.79. The van der Waals surface area contributed by atoms with Crippen molar-refractivity contribution in [1.82, 2.24) is 0 Å². The molecule has 2 N–H and O–H groups in total. The fraction of sp³-hybridized carbons (Fsp3) is 0.385. The summed E-state index contributed by atoms with van der Waals surface area (Å²) in [6.45, 7) is 4.09. The van der Waals surface area contributed by atoms with Gasteiger partial charge in [0.2, 0.25) is 0 Å². The normalized spacial score (nSPS) is 12.1. The molecule has 1 aromatic carbocycles. The minimum Gasteiger partial charge on any atom is -0.478 e. The van der Waals surface area contributed by atoms with E-state index in [1.54, 1.807) is 12.1 Å². The summed E-state index contributed by atoms with van der Waals surface area (Å²) in [7, 11) is 0. The molecule has 0 aliphatic rings. The number of aromatic carboxylic acids is 2. The second kappa shape index (κ2) is 5.48. The molecule has 0 amide bonds. The fourth-order valence-corrected chi connectivity index (χ4v) is 1.60. The van der Waals surface area contributed by atoms with Crippen LogP contribution in [0.5, 0.6) is 0 Å². The molecule has 0 spiro atoms. The van der Waals surface area contributed by atoms with Crippen molar-refractivity contribution in [3.8, 4) is 0 Å². The molecule has 1 rings (SSSR count). The Morgan fingerprint density at radius 1 is 1.12 bits per heavy atom. The molecule has 0 bridgehead atoms. The lowest BCUT2D eigenvalue weighted by molar-refractivity contribution is 0.0696. The zero-order valence-electron chi connectivity index (χ0n) is 9.93. The van der Waals surface area contributed by atoms with Gasteiger partial charge in [0.1, 0.15) is 0 Å². The number of hydrogen-bond acceptors (Lipinski definition) is 2. The molecule has 0 saturated carbocycles. The molecule has 4 heteroatoms. The number of hydrogen-bond donors (Lipinski definition) is 2. The van der Waals surface area contributed by atoms with Gasteiger partial charge in [0.15, 0.2) is 0 Å².